The largest absolute Gasteiger partial charge is 0.379 e. The lowest BCUT2D eigenvalue weighted by Crippen LogP contribution is -2.65. The molecule has 6 nitrogen and oxygen atoms in total. The molecular weight excluding hydrogens is 272 g/mol. The summed E-state index contributed by atoms with van der Waals surface area (Å²) in [5.41, 5.74) is -0.00306. The van der Waals surface area contributed by atoms with E-state index >= 15 is 0 Å². The lowest BCUT2D eigenvalue weighted by molar-refractivity contribution is -0.772. The average molecular weight is 281 g/mol. The molecule has 1 aliphatic heterocycles. The van der Waals surface area contributed by atoms with Crippen molar-refractivity contribution in [3.8, 4) is 0 Å². The molecule has 0 saturated carbocycles. The Bertz CT molecular complexity index is 404. The summed E-state index contributed by atoms with van der Waals surface area (Å²) in [6.07, 6.45) is 0. The van der Waals surface area contributed by atoms with Crippen LogP contribution in [0.5, 0.6) is 0 Å². The van der Waals surface area contributed by atoms with Crippen molar-refractivity contribution in [1.82, 2.24) is 5.27 Å². The van der Waals surface area contributed by atoms with E-state index in [0.717, 1.165) is 0 Å². The first kappa shape index (κ1) is 9.91. The smallest absolute Gasteiger partial charge is 0.332 e. The van der Waals surface area contributed by atoms with Crippen molar-refractivity contribution in [3.05, 3.63) is 10.2 Å². The molecular formula is C6H9BrN4O2S. The molecule has 1 fully saturated rings. The van der Waals surface area contributed by atoms with E-state index in [-0.39, 0.29) is 5.55 Å². The summed E-state index contributed by atoms with van der Waals surface area (Å²) in [6, 6.07) is 0. The minimum atomic E-state index is -0.710. The van der Waals surface area contributed by atoms with E-state index < -0.39 is 10.8 Å². The highest BCUT2D eigenvalue weighted by Crippen LogP contribution is 1.97. The number of hydrogen-bond donors (Lipinski definition) is 1. The maximum absolute atomic E-state index is 11.1. The zero-order chi connectivity index (χ0) is 10.1. The van der Waals surface area contributed by atoms with Gasteiger partial charge in [0.05, 0.1) is 0 Å². The number of nitrogens with zero attached hydrogens (tertiary/aromatic N) is 3. The van der Waals surface area contributed by atoms with Crippen molar-refractivity contribution in [3.63, 3.8) is 0 Å². The molecule has 0 aromatic carbocycles. The monoisotopic (exact) mass is 280 g/mol. The number of hydrogen-bond acceptors (Lipinski definition) is 4. The van der Waals surface area contributed by atoms with Gasteiger partial charge in [-0.2, -0.15) is 0 Å². The summed E-state index contributed by atoms with van der Waals surface area (Å²) in [4.78, 5) is 1.50. The Morgan fingerprint density at radius 3 is 2.71 bits per heavy atom. The van der Waals surface area contributed by atoms with Crippen LogP contribution in [0.25, 0.3) is 0 Å². The predicted octanol–water partition coefficient (Wildman–Crippen LogP) is -1.53. The highest BCUT2D eigenvalue weighted by molar-refractivity contribution is 9.10. The van der Waals surface area contributed by atoms with E-state index in [9.17, 15) is 4.21 Å². The molecule has 0 radical (unpaired) electrons. The number of aromatic nitrogens is 2. The molecule has 0 atom stereocenters. The van der Waals surface area contributed by atoms with Crippen LogP contribution in [0.15, 0.2) is 9.13 Å². The molecule has 2 heterocycles. The third-order valence-corrected chi connectivity index (χ3v) is 3.95. The lowest BCUT2D eigenvalue weighted by atomic mass is 10.6. The summed E-state index contributed by atoms with van der Waals surface area (Å²) < 4.78 is 16.3. The Labute approximate surface area is 90.9 Å². The van der Waals surface area contributed by atoms with E-state index in [2.05, 4.69) is 21.2 Å². The van der Waals surface area contributed by atoms with Crippen LogP contribution in [-0.4, -0.2) is 28.8 Å². The fourth-order valence-electron chi connectivity index (χ4n) is 1.24. The zero-order valence-electron chi connectivity index (χ0n) is 7.27. The van der Waals surface area contributed by atoms with Gasteiger partial charge in [0.15, 0.2) is 0 Å². The normalized spacial score (nSPS) is 18.8. The molecule has 1 saturated heterocycles. The standard InChI is InChI=1S/C6H9BrN4O2S/c7-5-6(8)13-9-11(5)10-1-3-14(12)4-2-10/h8H,1-4H2. The van der Waals surface area contributed by atoms with Crippen LogP contribution in [-0.2, 0) is 10.8 Å². The van der Waals surface area contributed by atoms with Crippen LogP contribution < -0.4 is 20.6 Å². The van der Waals surface area contributed by atoms with Crippen molar-refractivity contribution in [1.29, 1.82) is 5.41 Å². The van der Waals surface area contributed by atoms with Gasteiger partial charge >= 0.3 is 10.2 Å². The average Bonchev–Trinajstić information content (AvgIpc) is 2.50. The number of nitrogens with one attached hydrogen (secondary N) is 1. The fourth-order valence-corrected chi connectivity index (χ4v) is 2.63. The minimum absolute atomic E-state index is 0.00306. The molecule has 0 aliphatic carbocycles. The van der Waals surface area contributed by atoms with Gasteiger partial charge in [0, 0.05) is 51.3 Å². The SMILES string of the molecule is N=c1o[n-][n+](N2CCS(=O)CC2)c1Br. The van der Waals surface area contributed by atoms with Crippen molar-refractivity contribution in [2.75, 3.05) is 29.6 Å². The minimum Gasteiger partial charge on any atom is -0.379 e. The molecule has 1 aliphatic rings. The summed E-state index contributed by atoms with van der Waals surface area (Å²) in [6.45, 7) is 1.34. The van der Waals surface area contributed by atoms with E-state index in [1.807, 2.05) is 5.01 Å². The maximum atomic E-state index is 11.1. The predicted molar refractivity (Wildman–Crippen MR) is 51.6 cm³/mol. The quantitative estimate of drug-likeness (QED) is 0.633. The van der Waals surface area contributed by atoms with Gasteiger partial charge in [0.1, 0.15) is 0 Å². The Kier molecular flexibility index (Phi) is 2.73. The van der Waals surface area contributed by atoms with Gasteiger partial charge in [0.2, 0.25) is 0 Å². The first-order chi connectivity index (χ1) is 6.68. The van der Waals surface area contributed by atoms with Gasteiger partial charge in [-0.1, -0.05) is 4.79 Å². The van der Waals surface area contributed by atoms with E-state index in [4.69, 9.17) is 9.93 Å². The maximum Gasteiger partial charge on any atom is 0.332 e. The van der Waals surface area contributed by atoms with Crippen molar-refractivity contribution in [2.24, 2.45) is 0 Å². The van der Waals surface area contributed by atoms with Crippen LogP contribution in [0.1, 0.15) is 0 Å². The Hall–Kier alpha value is -0.630. The van der Waals surface area contributed by atoms with Gasteiger partial charge < -0.3 is 4.52 Å². The molecule has 8 heteroatoms. The molecule has 0 unspecified atom stereocenters. The molecule has 2 rings (SSSR count). The summed E-state index contributed by atoms with van der Waals surface area (Å²) in [5.74, 6) is 1.28. The Morgan fingerprint density at radius 1 is 1.57 bits per heavy atom. The third kappa shape index (κ3) is 1.76. The Morgan fingerprint density at radius 2 is 2.21 bits per heavy atom. The van der Waals surface area contributed by atoms with Crippen LogP contribution in [0.4, 0.5) is 0 Å². The molecule has 0 amide bonds. The van der Waals surface area contributed by atoms with Crippen LogP contribution in [0, 0.1) is 5.41 Å². The second-order valence-corrected chi connectivity index (χ2v) is 5.33. The van der Waals surface area contributed by atoms with Crippen LogP contribution in [0.2, 0.25) is 0 Å². The van der Waals surface area contributed by atoms with Gasteiger partial charge in [-0.3, -0.25) is 14.6 Å². The van der Waals surface area contributed by atoms with E-state index in [1.54, 1.807) is 0 Å². The molecule has 1 N–H and O–H groups in total. The Balaban J connectivity index is 2.20. The lowest BCUT2D eigenvalue weighted by Gasteiger charge is -2.26. The molecule has 14 heavy (non-hydrogen) atoms. The van der Waals surface area contributed by atoms with Gasteiger partial charge in [0.25, 0.3) is 0 Å². The highest BCUT2D eigenvalue weighted by Gasteiger charge is 2.20. The van der Waals surface area contributed by atoms with Crippen molar-refractivity contribution in [2.45, 2.75) is 0 Å². The van der Waals surface area contributed by atoms with E-state index in [1.165, 1.54) is 4.79 Å². The van der Waals surface area contributed by atoms with Crippen molar-refractivity contribution < 1.29 is 13.5 Å². The van der Waals surface area contributed by atoms with Gasteiger partial charge in [-0.15, -0.1) is 0 Å². The van der Waals surface area contributed by atoms with Crippen molar-refractivity contribution >= 4 is 26.7 Å². The van der Waals surface area contributed by atoms with Gasteiger partial charge in [-0.05, 0) is 5.27 Å². The summed E-state index contributed by atoms with van der Waals surface area (Å²) in [7, 11) is -0.710. The highest BCUT2D eigenvalue weighted by atomic mass is 79.9. The molecule has 0 spiro atoms. The third-order valence-electron chi connectivity index (χ3n) is 1.99. The van der Waals surface area contributed by atoms with Crippen LogP contribution in [0.3, 0.4) is 0 Å². The van der Waals surface area contributed by atoms with Crippen LogP contribution >= 0.6 is 15.9 Å². The number of halogens is 1. The summed E-state index contributed by atoms with van der Waals surface area (Å²) in [5, 5.41) is 12.9. The van der Waals surface area contributed by atoms with E-state index in [0.29, 0.717) is 29.2 Å². The zero-order valence-corrected chi connectivity index (χ0v) is 9.68. The van der Waals surface area contributed by atoms with Gasteiger partial charge in [-0.25, -0.2) is 0 Å². The molecule has 1 aromatic heterocycles. The topological polar surface area (TPSA) is 75.3 Å². The molecule has 0 bridgehead atoms. The first-order valence-electron chi connectivity index (χ1n) is 4.08. The molecule has 78 valence electrons. The fraction of sp³-hybridized carbons (Fsp3) is 0.667. The summed E-state index contributed by atoms with van der Waals surface area (Å²) >= 11 is 3.20. The second-order valence-electron chi connectivity index (χ2n) is 2.88. The first-order valence-corrected chi connectivity index (χ1v) is 6.36. The molecule has 1 aromatic rings. The number of rotatable bonds is 1. The second kappa shape index (κ2) is 3.85.